The fraction of sp³-hybridized carbons (Fsp3) is 0.0800. The lowest BCUT2D eigenvalue weighted by Gasteiger charge is -2.15. The summed E-state index contributed by atoms with van der Waals surface area (Å²) in [5, 5.41) is 23.0. The maximum Gasteiger partial charge on any atom is 0.317 e. The molecule has 0 bridgehead atoms. The van der Waals surface area contributed by atoms with Crippen LogP contribution in [0.3, 0.4) is 0 Å². The van der Waals surface area contributed by atoms with Crippen LogP contribution in [0.25, 0.3) is 11.5 Å². The molecule has 0 aliphatic heterocycles. The molecule has 0 radical (unpaired) electrons. The van der Waals surface area contributed by atoms with Crippen molar-refractivity contribution < 1.29 is 9.21 Å². The van der Waals surface area contributed by atoms with Gasteiger partial charge in [-0.1, -0.05) is 53.6 Å². The van der Waals surface area contributed by atoms with Crippen LogP contribution in [0.4, 0.5) is 11.7 Å². The van der Waals surface area contributed by atoms with Crippen molar-refractivity contribution in [2.75, 3.05) is 17.7 Å². The molecule has 1 atom stereocenters. The SMILES string of the molecule is CNc1ccccc1/C(=N\C(C=O)Nc1nnc(-c2ccc(C#N)cc2)o1)c1ccccc1. The molecule has 0 amide bonds. The Morgan fingerprint density at radius 1 is 1.03 bits per heavy atom. The Kier molecular flexibility index (Phi) is 6.52. The van der Waals surface area contributed by atoms with Gasteiger partial charge >= 0.3 is 6.01 Å². The molecule has 0 saturated carbocycles. The summed E-state index contributed by atoms with van der Waals surface area (Å²) >= 11 is 0. The molecule has 1 unspecified atom stereocenters. The second-order valence-corrected chi connectivity index (χ2v) is 6.97. The first-order valence-corrected chi connectivity index (χ1v) is 10.2. The van der Waals surface area contributed by atoms with Gasteiger partial charge in [0.1, 0.15) is 0 Å². The van der Waals surface area contributed by atoms with Crippen molar-refractivity contribution in [3.63, 3.8) is 0 Å². The number of carbonyl (C=O) groups is 1. The minimum absolute atomic E-state index is 0.0597. The zero-order valence-electron chi connectivity index (χ0n) is 17.8. The van der Waals surface area contributed by atoms with E-state index in [1.165, 1.54) is 0 Å². The molecule has 33 heavy (non-hydrogen) atoms. The predicted molar refractivity (Wildman–Crippen MR) is 126 cm³/mol. The largest absolute Gasteiger partial charge is 0.403 e. The number of nitrogens with one attached hydrogen (secondary N) is 2. The number of rotatable bonds is 8. The van der Waals surface area contributed by atoms with Crippen LogP contribution >= 0.6 is 0 Å². The molecule has 0 spiro atoms. The third-order valence-corrected chi connectivity index (χ3v) is 4.85. The monoisotopic (exact) mass is 436 g/mol. The Balaban J connectivity index is 1.65. The molecule has 1 aromatic heterocycles. The average molecular weight is 436 g/mol. The number of benzene rings is 3. The van der Waals surface area contributed by atoms with Crippen molar-refractivity contribution in [1.29, 1.82) is 5.26 Å². The van der Waals surface area contributed by atoms with Crippen LogP contribution in [0.15, 0.2) is 88.3 Å². The maximum absolute atomic E-state index is 11.9. The van der Waals surface area contributed by atoms with Gasteiger partial charge in [0.2, 0.25) is 5.89 Å². The molecule has 3 aromatic carbocycles. The van der Waals surface area contributed by atoms with E-state index in [0.29, 0.717) is 23.1 Å². The van der Waals surface area contributed by atoms with E-state index < -0.39 is 6.17 Å². The summed E-state index contributed by atoms with van der Waals surface area (Å²) in [4.78, 5) is 16.6. The summed E-state index contributed by atoms with van der Waals surface area (Å²) < 4.78 is 5.66. The highest BCUT2D eigenvalue weighted by atomic mass is 16.4. The van der Waals surface area contributed by atoms with Crippen LogP contribution in [0.2, 0.25) is 0 Å². The number of aliphatic imine (C=N–C) groups is 1. The van der Waals surface area contributed by atoms with Gasteiger partial charge in [-0.05, 0) is 30.3 Å². The summed E-state index contributed by atoms with van der Waals surface area (Å²) in [6.45, 7) is 0. The average Bonchev–Trinajstić information content (AvgIpc) is 3.35. The van der Waals surface area contributed by atoms with Crippen LogP contribution in [-0.2, 0) is 4.79 Å². The van der Waals surface area contributed by atoms with Crippen molar-refractivity contribution in [2.24, 2.45) is 4.99 Å². The zero-order valence-corrected chi connectivity index (χ0v) is 17.8. The minimum Gasteiger partial charge on any atom is -0.403 e. The van der Waals surface area contributed by atoms with E-state index in [1.54, 1.807) is 24.3 Å². The minimum atomic E-state index is -0.959. The van der Waals surface area contributed by atoms with E-state index in [0.717, 1.165) is 16.8 Å². The first kappa shape index (κ1) is 21.5. The van der Waals surface area contributed by atoms with Gasteiger partial charge < -0.3 is 15.1 Å². The Hall–Kier alpha value is -4.77. The molecule has 0 aliphatic rings. The molecule has 2 N–H and O–H groups in total. The molecule has 0 fully saturated rings. The number of aldehydes is 1. The highest BCUT2D eigenvalue weighted by molar-refractivity contribution is 6.16. The fourth-order valence-corrected chi connectivity index (χ4v) is 3.25. The van der Waals surface area contributed by atoms with Crippen LogP contribution in [0, 0.1) is 11.3 Å². The molecular weight excluding hydrogens is 416 g/mol. The number of nitriles is 1. The number of hydrogen-bond acceptors (Lipinski definition) is 8. The number of anilines is 2. The topological polar surface area (TPSA) is 116 Å². The molecule has 0 aliphatic carbocycles. The number of para-hydroxylation sites is 1. The van der Waals surface area contributed by atoms with Crippen LogP contribution in [0.5, 0.6) is 0 Å². The second-order valence-electron chi connectivity index (χ2n) is 6.97. The molecule has 4 aromatic rings. The van der Waals surface area contributed by atoms with Crippen LogP contribution < -0.4 is 10.6 Å². The number of nitrogens with zero attached hydrogens (tertiary/aromatic N) is 4. The lowest BCUT2D eigenvalue weighted by Crippen LogP contribution is -2.22. The third-order valence-electron chi connectivity index (χ3n) is 4.85. The van der Waals surface area contributed by atoms with Gasteiger partial charge in [-0.25, -0.2) is 0 Å². The van der Waals surface area contributed by atoms with E-state index in [4.69, 9.17) is 9.68 Å². The summed E-state index contributed by atoms with van der Waals surface area (Å²) in [7, 11) is 1.83. The maximum atomic E-state index is 11.9. The first-order chi connectivity index (χ1) is 16.2. The lowest BCUT2D eigenvalue weighted by molar-refractivity contribution is -0.108. The van der Waals surface area contributed by atoms with Gasteiger partial charge in [0.15, 0.2) is 12.5 Å². The summed E-state index contributed by atoms with van der Waals surface area (Å²) in [6, 6.07) is 26.2. The van der Waals surface area contributed by atoms with Gasteiger partial charge in [0.05, 0.1) is 17.3 Å². The van der Waals surface area contributed by atoms with Gasteiger partial charge in [-0.15, -0.1) is 5.10 Å². The Morgan fingerprint density at radius 2 is 1.76 bits per heavy atom. The van der Waals surface area contributed by atoms with Gasteiger partial charge in [0, 0.05) is 29.4 Å². The molecular formula is C25H20N6O2. The van der Waals surface area contributed by atoms with Crippen LogP contribution in [0.1, 0.15) is 16.7 Å². The summed E-state index contributed by atoms with van der Waals surface area (Å²) in [5.41, 5.74) is 4.42. The standard InChI is InChI=1S/C25H20N6O2/c1-27-21-10-6-5-9-20(21)23(18-7-3-2-4-8-18)28-22(16-32)29-25-31-30-24(33-25)19-13-11-17(15-26)12-14-19/h2-14,16,22,27H,1H3,(H,29,31)/b28-23-. The molecule has 1 heterocycles. The highest BCUT2D eigenvalue weighted by Gasteiger charge is 2.17. The second kappa shape index (κ2) is 10.0. The molecule has 8 nitrogen and oxygen atoms in total. The lowest BCUT2D eigenvalue weighted by atomic mass is 10.0. The third kappa shape index (κ3) is 4.94. The molecule has 162 valence electrons. The van der Waals surface area contributed by atoms with Crippen molar-refractivity contribution in [2.45, 2.75) is 6.17 Å². The van der Waals surface area contributed by atoms with Crippen LogP contribution in [-0.4, -0.2) is 35.4 Å². The van der Waals surface area contributed by atoms with Gasteiger partial charge in [0.25, 0.3) is 0 Å². The van der Waals surface area contributed by atoms with Gasteiger partial charge in [-0.2, -0.15) is 5.26 Å². The number of aromatic nitrogens is 2. The zero-order chi connectivity index (χ0) is 23.0. The highest BCUT2D eigenvalue weighted by Crippen LogP contribution is 2.22. The summed E-state index contributed by atoms with van der Waals surface area (Å²) in [6.07, 6.45) is -0.282. The predicted octanol–water partition coefficient (Wildman–Crippen LogP) is 4.12. The van der Waals surface area contributed by atoms with Crippen molar-refractivity contribution in [3.05, 3.63) is 95.6 Å². The Labute approximate surface area is 190 Å². The Bertz CT molecular complexity index is 1310. The normalized spacial score (nSPS) is 11.9. The van der Waals surface area contributed by atoms with E-state index in [1.807, 2.05) is 61.6 Å². The van der Waals surface area contributed by atoms with E-state index in [2.05, 4.69) is 31.9 Å². The van der Waals surface area contributed by atoms with E-state index in [9.17, 15) is 4.79 Å². The quantitative estimate of drug-likeness (QED) is 0.315. The fourth-order valence-electron chi connectivity index (χ4n) is 3.25. The summed E-state index contributed by atoms with van der Waals surface area (Å²) in [5.74, 6) is 0.263. The number of carbonyl (C=O) groups excluding carboxylic acids is 1. The Morgan fingerprint density at radius 3 is 2.45 bits per heavy atom. The molecule has 0 saturated heterocycles. The van der Waals surface area contributed by atoms with Crippen molar-refractivity contribution in [3.8, 4) is 17.5 Å². The number of hydrogen-bond donors (Lipinski definition) is 2. The molecule has 8 heteroatoms. The smallest absolute Gasteiger partial charge is 0.317 e. The van der Waals surface area contributed by atoms with E-state index >= 15 is 0 Å². The van der Waals surface area contributed by atoms with Crippen molar-refractivity contribution in [1.82, 2.24) is 10.2 Å². The van der Waals surface area contributed by atoms with Crippen molar-refractivity contribution >= 4 is 23.7 Å². The first-order valence-electron chi connectivity index (χ1n) is 10.2. The van der Waals surface area contributed by atoms with Gasteiger partial charge in [-0.3, -0.25) is 9.79 Å². The molecule has 4 rings (SSSR count). The van der Waals surface area contributed by atoms with E-state index in [-0.39, 0.29) is 11.9 Å².